The minimum Gasteiger partial charge on any atom is -0.377 e. The van der Waals surface area contributed by atoms with Crippen molar-refractivity contribution in [3.63, 3.8) is 0 Å². The second-order valence-corrected chi connectivity index (χ2v) is 5.83. The molecule has 1 N–H and O–H groups in total. The third-order valence-corrected chi connectivity index (χ3v) is 4.20. The first-order valence-electron chi connectivity index (χ1n) is 7.33. The first-order valence-corrected chi connectivity index (χ1v) is 7.33. The van der Waals surface area contributed by atoms with Gasteiger partial charge in [-0.25, -0.2) is 0 Å². The number of rotatable bonds is 5. The maximum absolute atomic E-state index is 5.97. The van der Waals surface area contributed by atoms with Crippen LogP contribution < -0.4 is 5.32 Å². The zero-order valence-electron chi connectivity index (χ0n) is 11.5. The van der Waals surface area contributed by atoms with Crippen molar-refractivity contribution in [3.8, 4) is 0 Å². The van der Waals surface area contributed by atoms with Gasteiger partial charge in [-0.2, -0.15) is 0 Å². The molecule has 17 heavy (non-hydrogen) atoms. The molecular formula is C14H28N2O. The van der Waals surface area contributed by atoms with Crippen molar-refractivity contribution >= 4 is 0 Å². The number of nitrogens with one attached hydrogen (secondary N) is 1. The molecule has 1 atom stereocenters. The van der Waals surface area contributed by atoms with Crippen LogP contribution in [-0.4, -0.2) is 49.8 Å². The third kappa shape index (κ3) is 3.94. The van der Waals surface area contributed by atoms with Crippen molar-refractivity contribution in [1.29, 1.82) is 0 Å². The lowest BCUT2D eigenvalue weighted by atomic mass is 10.0. The molecule has 1 aliphatic heterocycles. The van der Waals surface area contributed by atoms with Gasteiger partial charge in [0.2, 0.25) is 0 Å². The van der Waals surface area contributed by atoms with Crippen LogP contribution in [0.5, 0.6) is 0 Å². The monoisotopic (exact) mass is 240 g/mol. The summed E-state index contributed by atoms with van der Waals surface area (Å²) >= 11 is 0. The molecule has 2 rings (SSSR count). The van der Waals surface area contributed by atoms with Crippen LogP contribution in [0.25, 0.3) is 0 Å². The molecule has 2 aliphatic rings. The van der Waals surface area contributed by atoms with Crippen molar-refractivity contribution in [2.24, 2.45) is 5.92 Å². The van der Waals surface area contributed by atoms with Gasteiger partial charge in [-0.15, -0.1) is 0 Å². The van der Waals surface area contributed by atoms with Crippen LogP contribution in [0.3, 0.4) is 0 Å². The van der Waals surface area contributed by atoms with Crippen LogP contribution in [0, 0.1) is 5.92 Å². The normalized spacial score (nSPS) is 28.1. The Morgan fingerprint density at radius 1 is 1.29 bits per heavy atom. The van der Waals surface area contributed by atoms with E-state index in [-0.39, 0.29) is 0 Å². The maximum Gasteiger partial charge on any atom is 0.0597 e. The highest BCUT2D eigenvalue weighted by Crippen LogP contribution is 2.21. The van der Waals surface area contributed by atoms with Crippen LogP contribution in [0.4, 0.5) is 0 Å². The molecule has 0 spiro atoms. The van der Waals surface area contributed by atoms with E-state index in [4.69, 9.17) is 4.74 Å². The lowest BCUT2D eigenvalue weighted by Gasteiger charge is -2.38. The molecule has 1 heterocycles. The molecule has 1 saturated carbocycles. The molecule has 0 aromatic rings. The minimum absolute atomic E-state index is 0.565. The minimum atomic E-state index is 0.565. The molecule has 100 valence electrons. The van der Waals surface area contributed by atoms with E-state index in [1.165, 1.54) is 32.2 Å². The Balaban J connectivity index is 1.68. The summed E-state index contributed by atoms with van der Waals surface area (Å²) < 4.78 is 5.97. The summed E-state index contributed by atoms with van der Waals surface area (Å²) in [4.78, 5) is 2.61. The Hall–Kier alpha value is -0.120. The average molecular weight is 240 g/mol. The van der Waals surface area contributed by atoms with Gasteiger partial charge >= 0.3 is 0 Å². The number of piperazine rings is 1. The molecule has 3 heteroatoms. The number of hydrogen-bond acceptors (Lipinski definition) is 3. The quantitative estimate of drug-likeness (QED) is 0.794. The summed E-state index contributed by atoms with van der Waals surface area (Å²) in [7, 11) is 0. The van der Waals surface area contributed by atoms with Crippen molar-refractivity contribution in [1.82, 2.24) is 10.2 Å². The molecule has 0 radical (unpaired) electrons. The molecular weight excluding hydrogens is 212 g/mol. The highest BCUT2D eigenvalue weighted by Gasteiger charge is 2.24. The molecule has 0 aromatic heterocycles. The predicted octanol–water partition coefficient (Wildman–Crippen LogP) is 1.88. The number of nitrogens with zero attached hydrogens (tertiary/aromatic N) is 1. The summed E-state index contributed by atoms with van der Waals surface area (Å²) in [6.07, 6.45) is 5.87. The molecule has 2 fully saturated rings. The Bertz CT molecular complexity index is 214. The molecule has 1 saturated heterocycles. The van der Waals surface area contributed by atoms with E-state index < -0.39 is 0 Å². The van der Waals surface area contributed by atoms with Gasteiger partial charge in [0.25, 0.3) is 0 Å². The lowest BCUT2D eigenvalue weighted by Crippen LogP contribution is -2.54. The van der Waals surface area contributed by atoms with Crippen LogP contribution in [-0.2, 0) is 4.74 Å². The standard InChI is InChI=1S/C14H28N2O/c1-12(2)14-11-15-7-8-16(14)9-10-17-13-5-3-4-6-13/h12-15H,3-11H2,1-2H3. The molecule has 0 amide bonds. The Kier molecular flexibility index (Phi) is 5.26. The van der Waals surface area contributed by atoms with Gasteiger partial charge in [0.15, 0.2) is 0 Å². The molecule has 0 bridgehead atoms. The lowest BCUT2D eigenvalue weighted by molar-refractivity contribution is 0.0228. The first kappa shape index (κ1) is 13.3. The molecule has 1 unspecified atom stereocenters. The molecule has 0 aromatic carbocycles. The maximum atomic E-state index is 5.97. The average Bonchev–Trinajstić information content (AvgIpc) is 2.82. The molecule has 1 aliphatic carbocycles. The van der Waals surface area contributed by atoms with E-state index in [1.54, 1.807) is 0 Å². The summed E-state index contributed by atoms with van der Waals surface area (Å²) in [6, 6.07) is 0.691. The van der Waals surface area contributed by atoms with Gasteiger partial charge in [0.1, 0.15) is 0 Å². The summed E-state index contributed by atoms with van der Waals surface area (Å²) in [5.74, 6) is 0.731. The predicted molar refractivity (Wildman–Crippen MR) is 71.3 cm³/mol. The van der Waals surface area contributed by atoms with E-state index >= 15 is 0 Å². The second kappa shape index (κ2) is 6.72. The fourth-order valence-corrected chi connectivity index (χ4v) is 3.09. The zero-order valence-corrected chi connectivity index (χ0v) is 11.5. The van der Waals surface area contributed by atoms with Crippen LogP contribution in [0.15, 0.2) is 0 Å². The Morgan fingerprint density at radius 3 is 2.76 bits per heavy atom. The largest absolute Gasteiger partial charge is 0.377 e. The fraction of sp³-hybridized carbons (Fsp3) is 1.00. The van der Waals surface area contributed by atoms with Crippen molar-refractivity contribution in [3.05, 3.63) is 0 Å². The van der Waals surface area contributed by atoms with Crippen molar-refractivity contribution in [2.45, 2.75) is 51.7 Å². The highest BCUT2D eigenvalue weighted by molar-refractivity contribution is 4.82. The Labute approximate surface area is 106 Å². The number of ether oxygens (including phenoxy) is 1. The fourth-order valence-electron chi connectivity index (χ4n) is 3.09. The summed E-state index contributed by atoms with van der Waals surface area (Å²) in [5.41, 5.74) is 0. The Morgan fingerprint density at radius 2 is 2.06 bits per heavy atom. The van der Waals surface area contributed by atoms with Gasteiger partial charge in [-0.05, 0) is 18.8 Å². The summed E-state index contributed by atoms with van der Waals surface area (Å²) in [5, 5.41) is 3.50. The smallest absolute Gasteiger partial charge is 0.0597 e. The van der Waals surface area contributed by atoms with Gasteiger partial charge in [0, 0.05) is 32.2 Å². The van der Waals surface area contributed by atoms with Crippen LogP contribution >= 0.6 is 0 Å². The van der Waals surface area contributed by atoms with E-state index in [0.717, 1.165) is 32.2 Å². The van der Waals surface area contributed by atoms with Gasteiger partial charge in [-0.3, -0.25) is 4.90 Å². The SMILES string of the molecule is CC(C)C1CNCCN1CCOC1CCCC1. The van der Waals surface area contributed by atoms with E-state index in [0.29, 0.717) is 12.1 Å². The summed E-state index contributed by atoms with van der Waals surface area (Å²) in [6.45, 7) is 10.1. The van der Waals surface area contributed by atoms with Crippen molar-refractivity contribution < 1.29 is 4.74 Å². The van der Waals surface area contributed by atoms with E-state index in [2.05, 4.69) is 24.1 Å². The van der Waals surface area contributed by atoms with Gasteiger partial charge < -0.3 is 10.1 Å². The van der Waals surface area contributed by atoms with Crippen LogP contribution in [0.1, 0.15) is 39.5 Å². The highest BCUT2D eigenvalue weighted by atomic mass is 16.5. The van der Waals surface area contributed by atoms with Crippen LogP contribution in [0.2, 0.25) is 0 Å². The third-order valence-electron chi connectivity index (χ3n) is 4.20. The van der Waals surface area contributed by atoms with Gasteiger partial charge in [-0.1, -0.05) is 26.7 Å². The van der Waals surface area contributed by atoms with E-state index in [1.807, 2.05) is 0 Å². The second-order valence-electron chi connectivity index (χ2n) is 5.83. The van der Waals surface area contributed by atoms with Crippen molar-refractivity contribution in [2.75, 3.05) is 32.8 Å². The van der Waals surface area contributed by atoms with Gasteiger partial charge in [0.05, 0.1) is 12.7 Å². The molecule has 3 nitrogen and oxygen atoms in total. The first-order chi connectivity index (χ1) is 8.27. The van der Waals surface area contributed by atoms with E-state index in [9.17, 15) is 0 Å². The number of hydrogen-bond donors (Lipinski definition) is 1. The zero-order chi connectivity index (χ0) is 12.1. The topological polar surface area (TPSA) is 24.5 Å².